The van der Waals surface area contributed by atoms with Gasteiger partial charge in [0.25, 0.3) is 0 Å². The average Bonchev–Trinajstić information content (AvgIpc) is 3.50. The summed E-state index contributed by atoms with van der Waals surface area (Å²) in [5, 5.41) is 36.4. The number of aliphatic hydroxyl groups excluding tert-OH is 2. The minimum atomic E-state index is -1.06. The molecule has 11 rings (SSSR count). The normalized spacial score (nSPS) is 31.1. The quantitative estimate of drug-likeness (QED) is 0.0918. The fraction of sp³-hybridized carbons (Fsp3) is 0.518. The Kier molecular flexibility index (Phi) is 12.8. The highest BCUT2D eigenvalue weighted by Gasteiger charge is 2.58. The van der Waals surface area contributed by atoms with Crippen LogP contribution in [-0.2, 0) is 17.8 Å². The Balaban J connectivity index is 1.04. The Morgan fingerprint density at radius 1 is 0.823 bits per heavy atom. The molecule has 4 aromatic carbocycles. The van der Waals surface area contributed by atoms with Gasteiger partial charge in [0, 0.05) is 36.2 Å². The molecule has 0 saturated heterocycles. The lowest BCUT2D eigenvalue weighted by atomic mass is 9.49. The Morgan fingerprint density at radius 2 is 1.48 bits per heavy atom. The molecule has 6 heteroatoms. The zero-order valence-corrected chi connectivity index (χ0v) is 37.2. The molecule has 62 heavy (non-hydrogen) atoms. The van der Waals surface area contributed by atoms with Crippen LogP contribution in [0.3, 0.4) is 0 Å². The summed E-state index contributed by atoms with van der Waals surface area (Å²) in [5.74, 6) is 2.35. The molecule has 3 N–H and O–H groups in total. The molecule has 0 spiro atoms. The molecule has 0 radical (unpaired) electrons. The molecule has 4 aromatic rings. The van der Waals surface area contributed by atoms with Gasteiger partial charge >= 0.3 is 0 Å². The summed E-state index contributed by atoms with van der Waals surface area (Å²) in [5.41, 5.74) is 6.44. The Labute approximate surface area is 370 Å². The minimum absolute atomic E-state index is 0.0151. The number of nitrogens with zero attached hydrogens (tertiary/aromatic N) is 1. The second kappa shape index (κ2) is 18.3. The fourth-order valence-corrected chi connectivity index (χ4v) is 13.5. The van der Waals surface area contributed by atoms with Gasteiger partial charge in [-0.25, -0.2) is 0 Å². The SMILES string of the molecule is CC1=CCCC2(C)C(CCC2(O)CN(CC(O)COCc2ccccc2)CC23CC4CC(CC(C4)C2)C3)c2ccc(cc2C(=O)c2ccc(-c3ccccc3)cc2)CC(O)CC1. The third-order valence-corrected chi connectivity index (χ3v) is 16.3. The number of fused-ring (bicyclic) bond motifs is 8. The van der Waals surface area contributed by atoms with Crippen LogP contribution in [0.5, 0.6) is 0 Å². The van der Waals surface area contributed by atoms with E-state index < -0.39 is 23.2 Å². The molecular formula is C56H69NO5. The van der Waals surface area contributed by atoms with E-state index in [9.17, 15) is 20.1 Å². The molecule has 7 aliphatic carbocycles. The third kappa shape index (κ3) is 9.33. The Morgan fingerprint density at radius 3 is 2.18 bits per heavy atom. The van der Waals surface area contributed by atoms with E-state index in [1.54, 1.807) is 0 Å². The van der Waals surface area contributed by atoms with Crippen molar-refractivity contribution in [1.82, 2.24) is 4.90 Å². The van der Waals surface area contributed by atoms with Crippen molar-refractivity contribution in [2.45, 2.75) is 128 Å². The zero-order chi connectivity index (χ0) is 42.9. The van der Waals surface area contributed by atoms with Crippen molar-refractivity contribution in [3.8, 4) is 11.1 Å². The van der Waals surface area contributed by atoms with Crippen molar-refractivity contribution < 1.29 is 24.9 Å². The maximum atomic E-state index is 14.9. The van der Waals surface area contributed by atoms with Crippen molar-refractivity contribution in [2.24, 2.45) is 28.6 Å². The number of ether oxygens (including phenoxy) is 1. The smallest absolute Gasteiger partial charge is 0.193 e. The first kappa shape index (κ1) is 43.3. The van der Waals surface area contributed by atoms with Crippen LogP contribution in [0.1, 0.15) is 129 Å². The summed E-state index contributed by atoms with van der Waals surface area (Å²) in [6.45, 7) is 7.00. The van der Waals surface area contributed by atoms with Crippen LogP contribution < -0.4 is 0 Å². The lowest BCUT2D eigenvalue weighted by Crippen LogP contribution is -2.57. The van der Waals surface area contributed by atoms with Gasteiger partial charge in [-0.05, 0) is 153 Å². The number of carbonyl (C=O) groups is 1. The van der Waals surface area contributed by atoms with Crippen molar-refractivity contribution in [2.75, 3.05) is 26.2 Å². The summed E-state index contributed by atoms with van der Waals surface area (Å²) >= 11 is 0. The number of benzene rings is 4. The van der Waals surface area contributed by atoms with Crippen LogP contribution in [0.2, 0.25) is 0 Å². The maximum absolute atomic E-state index is 14.9. The van der Waals surface area contributed by atoms with Crippen LogP contribution in [-0.4, -0.2) is 70.1 Å². The van der Waals surface area contributed by atoms with Gasteiger partial charge in [-0.3, -0.25) is 9.69 Å². The molecule has 5 saturated carbocycles. The molecule has 6 bridgehead atoms. The van der Waals surface area contributed by atoms with E-state index >= 15 is 0 Å². The van der Waals surface area contributed by atoms with Crippen molar-refractivity contribution in [1.29, 1.82) is 0 Å². The lowest BCUT2D eigenvalue weighted by Gasteiger charge is -2.58. The standard InChI is InChI=1S/C56H69NO5/c1-39-10-9-24-54(2)52(50-22-16-41(29-48(58)21-15-39)30-51(50)53(60)47-19-17-46(18-20-47)45-13-7-4-8-14-45)23-25-56(54,61)38-57(34-49(59)36-62-35-40-11-5-3-6-12-40)37-55-31-42-26-43(32-55)28-44(27-42)33-55/h3-8,10-14,16-20,22,30,42-44,48-49,52,58-59,61H,9,15,21,23-29,31-38H2,1-2H3. The molecule has 0 amide bonds. The molecular weight excluding hydrogens is 767 g/mol. The second-order valence-corrected chi connectivity index (χ2v) is 21.0. The number of carbonyl (C=O) groups excluding carboxylic acids is 1. The van der Waals surface area contributed by atoms with Gasteiger partial charge in [-0.1, -0.05) is 116 Å². The summed E-state index contributed by atoms with van der Waals surface area (Å²) in [6, 6.07) is 34.7. The monoisotopic (exact) mass is 836 g/mol. The molecule has 0 aromatic heterocycles. The van der Waals surface area contributed by atoms with Crippen LogP contribution in [0, 0.1) is 28.6 Å². The van der Waals surface area contributed by atoms with Crippen LogP contribution >= 0.6 is 0 Å². The van der Waals surface area contributed by atoms with Crippen LogP contribution in [0.15, 0.2) is 115 Å². The molecule has 6 nitrogen and oxygen atoms in total. The predicted molar refractivity (Wildman–Crippen MR) is 248 cm³/mol. The topological polar surface area (TPSA) is 90.2 Å². The van der Waals surface area contributed by atoms with Gasteiger partial charge < -0.3 is 20.1 Å². The Hall–Kier alpha value is -3.91. The molecule has 7 aliphatic rings. The van der Waals surface area contributed by atoms with Crippen molar-refractivity contribution in [3.05, 3.63) is 143 Å². The lowest BCUT2D eigenvalue weighted by molar-refractivity contribution is -0.115. The summed E-state index contributed by atoms with van der Waals surface area (Å²) in [6.07, 6.45) is 14.0. The summed E-state index contributed by atoms with van der Waals surface area (Å²) in [4.78, 5) is 17.3. The zero-order valence-electron chi connectivity index (χ0n) is 37.2. The van der Waals surface area contributed by atoms with Crippen molar-refractivity contribution in [3.63, 3.8) is 0 Å². The van der Waals surface area contributed by atoms with Gasteiger partial charge in [-0.15, -0.1) is 0 Å². The van der Waals surface area contributed by atoms with E-state index in [1.165, 1.54) is 44.1 Å². The van der Waals surface area contributed by atoms with Crippen LogP contribution in [0.4, 0.5) is 0 Å². The first-order valence-corrected chi connectivity index (χ1v) is 23.9. The summed E-state index contributed by atoms with van der Waals surface area (Å²) < 4.78 is 6.11. The van der Waals surface area contributed by atoms with Gasteiger partial charge in [0.05, 0.1) is 31.0 Å². The van der Waals surface area contributed by atoms with Crippen LogP contribution in [0.25, 0.3) is 11.1 Å². The van der Waals surface area contributed by atoms with E-state index in [0.29, 0.717) is 50.1 Å². The van der Waals surface area contributed by atoms with E-state index in [4.69, 9.17) is 4.74 Å². The van der Waals surface area contributed by atoms with Gasteiger partial charge in [0.15, 0.2) is 5.78 Å². The van der Waals surface area contributed by atoms with E-state index in [0.717, 1.165) is 77.8 Å². The van der Waals surface area contributed by atoms with Gasteiger partial charge in [0.1, 0.15) is 0 Å². The van der Waals surface area contributed by atoms with E-state index in [2.05, 4.69) is 61.2 Å². The third-order valence-electron chi connectivity index (χ3n) is 16.3. The maximum Gasteiger partial charge on any atom is 0.193 e. The predicted octanol–water partition coefficient (Wildman–Crippen LogP) is 10.7. The highest BCUT2D eigenvalue weighted by Crippen LogP contribution is 2.62. The number of ketones is 1. The molecule has 5 atom stereocenters. The van der Waals surface area contributed by atoms with E-state index in [-0.39, 0.29) is 23.7 Å². The molecule has 5 fully saturated rings. The molecule has 5 unspecified atom stereocenters. The number of aliphatic hydroxyl groups is 3. The number of hydrogen-bond donors (Lipinski definition) is 3. The minimum Gasteiger partial charge on any atom is -0.393 e. The Bertz CT molecular complexity index is 2150. The highest BCUT2D eigenvalue weighted by atomic mass is 16.5. The molecule has 0 heterocycles. The largest absolute Gasteiger partial charge is 0.393 e. The molecule has 0 aliphatic heterocycles. The average molecular weight is 836 g/mol. The molecule has 328 valence electrons. The van der Waals surface area contributed by atoms with Gasteiger partial charge in [-0.2, -0.15) is 0 Å². The number of allylic oxidation sites excluding steroid dienone is 2. The second-order valence-electron chi connectivity index (χ2n) is 21.0. The first-order chi connectivity index (χ1) is 30.0. The number of hydrogen-bond acceptors (Lipinski definition) is 6. The summed E-state index contributed by atoms with van der Waals surface area (Å²) in [7, 11) is 0. The van der Waals surface area contributed by atoms with E-state index in [1.807, 2.05) is 66.7 Å². The first-order valence-electron chi connectivity index (χ1n) is 23.9. The van der Waals surface area contributed by atoms with Gasteiger partial charge in [0.2, 0.25) is 0 Å². The fourth-order valence-electron chi connectivity index (χ4n) is 13.5. The van der Waals surface area contributed by atoms with Crippen molar-refractivity contribution >= 4 is 5.78 Å². The highest BCUT2D eigenvalue weighted by molar-refractivity contribution is 6.10. The number of rotatable bonds is 13.